The maximum atomic E-state index is 4.57. The lowest BCUT2D eigenvalue weighted by Gasteiger charge is -2.27. The lowest BCUT2D eigenvalue weighted by atomic mass is 9.94. The average molecular weight is 288 g/mol. The van der Waals surface area contributed by atoms with E-state index in [9.17, 15) is 0 Å². The molecule has 0 aliphatic carbocycles. The topological polar surface area (TPSA) is 41.0 Å². The number of aromatic nitrogens is 2. The number of unbranched alkanes of at least 4 members (excludes halogenated alkanes) is 1. The lowest BCUT2D eigenvalue weighted by Crippen LogP contribution is -2.30. The van der Waals surface area contributed by atoms with Gasteiger partial charge in [-0.2, -0.15) is 0 Å². The molecule has 4 heteroatoms. The van der Waals surface area contributed by atoms with Gasteiger partial charge in [-0.25, -0.2) is 9.97 Å². The monoisotopic (exact) mass is 288 g/mol. The zero-order chi connectivity index (χ0) is 14.5. The molecule has 3 rings (SSSR count). The van der Waals surface area contributed by atoms with E-state index < -0.39 is 0 Å². The van der Waals surface area contributed by atoms with Crippen molar-refractivity contribution < 1.29 is 0 Å². The Labute approximate surface area is 128 Å². The van der Waals surface area contributed by atoms with Crippen LogP contribution in [-0.2, 0) is 0 Å². The Kier molecular flexibility index (Phi) is 5.07. The van der Waals surface area contributed by atoms with Crippen LogP contribution in [-0.4, -0.2) is 35.6 Å². The van der Waals surface area contributed by atoms with Gasteiger partial charge in [0.15, 0.2) is 0 Å². The van der Waals surface area contributed by atoms with Gasteiger partial charge in [0.1, 0.15) is 12.1 Å². The van der Waals surface area contributed by atoms with E-state index in [1.165, 1.54) is 50.6 Å². The molecule has 2 aliphatic rings. The second kappa shape index (κ2) is 7.21. The first-order valence-electron chi connectivity index (χ1n) is 8.67. The summed E-state index contributed by atoms with van der Waals surface area (Å²) in [6.07, 6.45) is 10.7. The summed E-state index contributed by atoms with van der Waals surface area (Å²) in [7, 11) is 0. The van der Waals surface area contributed by atoms with Gasteiger partial charge in [-0.05, 0) is 45.2 Å². The molecule has 0 radical (unpaired) electrons. The highest BCUT2D eigenvalue weighted by Gasteiger charge is 2.26. The maximum Gasteiger partial charge on any atom is 0.132 e. The van der Waals surface area contributed by atoms with Crippen molar-refractivity contribution in [3.05, 3.63) is 18.1 Å². The second-order valence-electron chi connectivity index (χ2n) is 6.46. The van der Waals surface area contributed by atoms with Crippen LogP contribution in [0, 0.1) is 0 Å². The van der Waals surface area contributed by atoms with Crippen molar-refractivity contribution in [2.45, 2.75) is 63.8 Å². The van der Waals surface area contributed by atoms with Crippen LogP contribution < -0.4 is 10.2 Å². The van der Waals surface area contributed by atoms with E-state index >= 15 is 0 Å². The molecule has 4 nitrogen and oxygen atoms in total. The zero-order valence-electron chi connectivity index (χ0n) is 13.2. The summed E-state index contributed by atoms with van der Waals surface area (Å²) < 4.78 is 0. The molecule has 2 fully saturated rings. The molecular formula is C17H28N4. The SMILES string of the molecule is CCCCC1CCCN1c1cc(C2CCNCC2)ncn1. The van der Waals surface area contributed by atoms with Gasteiger partial charge in [0, 0.05) is 30.3 Å². The molecule has 0 aromatic carbocycles. The number of hydrogen-bond acceptors (Lipinski definition) is 4. The number of hydrogen-bond donors (Lipinski definition) is 1. The second-order valence-corrected chi connectivity index (χ2v) is 6.46. The normalized spacial score (nSPS) is 23.7. The Morgan fingerprint density at radius 1 is 1.24 bits per heavy atom. The van der Waals surface area contributed by atoms with Gasteiger partial charge in [-0.15, -0.1) is 0 Å². The summed E-state index contributed by atoms with van der Waals surface area (Å²) in [5, 5.41) is 3.43. The third-order valence-corrected chi connectivity index (χ3v) is 4.99. The molecule has 3 heterocycles. The van der Waals surface area contributed by atoms with Crippen LogP contribution >= 0.6 is 0 Å². The molecule has 1 unspecified atom stereocenters. The third-order valence-electron chi connectivity index (χ3n) is 4.99. The summed E-state index contributed by atoms with van der Waals surface area (Å²) in [5.41, 5.74) is 1.25. The van der Waals surface area contributed by atoms with Gasteiger partial charge in [-0.1, -0.05) is 19.8 Å². The molecule has 1 aromatic heterocycles. The summed E-state index contributed by atoms with van der Waals surface area (Å²) >= 11 is 0. The minimum atomic E-state index is 0.615. The molecule has 0 spiro atoms. The fourth-order valence-electron chi connectivity index (χ4n) is 3.74. The molecule has 0 amide bonds. The van der Waals surface area contributed by atoms with Gasteiger partial charge in [0.05, 0.1) is 0 Å². The molecule has 1 aromatic rings. The van der Waals surface area contributed by atoms with Crippen molar-refractivity contribution in [3.8, 4) is 0 Å². The minimum absolute atomic E-state index is 0.615. The molecule has 1 atom stereocenters. The molecule has 2 saturated heterocycles. The Morgan fingerprint density at radius 3 is 2.90 bits per heavy atom. The van der Waals surface area contributed by atoms with Crippen molar-refractivity contribution in [1.29, 1.82) is 0 Å². The molecule has 0 bridgehead atoms. The van der Waals surface area contributed by atoms with E-state index in [0.29, 0.717) is 12.0 Å². The predicted molar refractivity (Wildman–Crippen MR) is 86.8 cm³/mol. The largest absolute Gasteiger partial charge is 0.354 e. The molecule has 1 N–H and O–H groups in total. The van der Waals surface area contributed by atoms with E-state index in [2.05, 4.69) is 33.2 Å². The average Bonchev–Trinajstić information content (AvgIpc) is 3.02. The number of rotatable bonds is 5. The number of piperidine rings is 1. The van der Waals surface area contributed by atoms with E-state index in [-0.39, 0.29) is 0 Å². The van der Waals surface area contributed by atoms with Crippen molar-refractivity contribution >= 4 is 5.82 Å². The number of anilines is 1. The van der Waals surface area contributed by atoms with Gasteiger partial charge in [0.25, 0.3) is 0 Å². The molecule has 116 valence electrons. The number of nitrogens with zero attached hydrogens (tertiary/aromatic N) is 3. The van der Waals surface area contributed by atoms with Crippen LogP contribution in [0.5, 0.6) is 0 Å². The fraction of sp³-hybridized carbons (Fsp3) is 0.765. The molecule has 21 heavy (non-hydrogen) atoms. The fourth-order valence-corrected chi connectivity index (χ4v) is 3.74. The van der Waals surface area contributed by atoms with Crippen LogP contribution in [0.25, 0.3) is 0 Å². The Hall–Kier alpha value is -1.16. The summed E-state index contributed by atoms with van der Waals surface area (Å²) in [4.78, 5) is 11.7. The zero-order valence-corrected chi connectivity index (χ0v) is 13.2. The van der Waals surface area contributed by atoms with Crippen molar-refractivity contribution in [2.24, 2.45) is 0 Å². The highest BCUT2D eigenvalue weighted by atomic mass is 15.2. The highest BCUT2D eigenvalue weighted by molar-refractivity contribution is 5.42. The van der Waals surface area contributed by atoms with Crippen molar-refractivity contribution in [1.82, 2.24) is 15.3 Å². The van der Waals surface area contributed by atoms with Gasteiger partial charge < -0.3 is 10.2 Å². The Morgan fingerprint density at radius 2 is 2.10 bits per heavy atom. The first-order chi connectivity index (χ1) is 10.4. The predicted octanol–water partition coefficient (Wildman–Crippen LogP) is 3.10. The van der Waals surface area contributed by atoms with E-state index in [4.69, 9.17) is 0 Å². The van der Waals surface area contributed by atoms with E-state index in [0.717, 1.165) is 25.5 Å². The standard InChI is InChI=1S/C17H28N4/c1-2-3-5-15-6-4-11-21(15)17-12-16(19-13-20-17)14-7-9-18-10-8-14/h12-15,18H,2-11H2,1H3. The van der Waals surface area contributed by atoms with Crippen LogP contribution in [0.2, 0.25) is 0 Å². The molecule has 2 aliphatic heterocycles. The minimum Gasteiger partial charge on any atom is -0.354 e. The van der Waals surface area contributed by atoms with Gasteiger partial charge in [0.2, 0.25) is 0 Å². The summed E-state index contributed by atoms with van der Waals surface area (Å²) in [6, 6.07) is 2.96. The first-order valence-corrected chi connectivity index (χ1v) is 8.67. The van der Waals surface area contributed by atoms with Gasteiger partial charge >= 0.3 is 0 Å². The van der Waals surface area contributed by atoms with E-state index in [1.54, 1.807) is 6.33 Å². The number of nitrogens with one attached hydrogen (secondary N) is 1. The summed E-state index contributed by atoms with van der Waals surface area (Å²) in [5.74, 6) is 1.78. The molecule has 0 saturated carbocycles. The Balaban J connectivity index is 1.72. The third kappa shape index (κ3) is 3.54. The van der Waals surface area contributed by atoms with Crippen LogP contribution in [0.15, 0.2) is 12.4 Å². The summed E-state index contributed by atoms with van der Waals surface area (Å²) in [6.45, 7) is 5.68. The first kappa shape index (κ1) is 14.8. The van der Waals surface area contributed by atoms with Crippen molar-refractivity contribution in [3.63, 3.8) is 0 Å². The quantitative estimate of drug-likeness (QED) is 0.904. The van der Waals surface area contributed by atoms with Crippen LogP contribution in [0.4, 0.5) is 5.82 Å². The maximum absolute atomic E-state index is 4.57. The van der Waals surface area contributed by atoms with Crippen LogP contribution in [0.1, 0.15) is 63.5 Å². The molecular weight excluding hydrogens is 260 g/mol. The van der Waals surface area contributed by atoms with E-state index in [1.807, 2.05) is 0 Å². The van der Waals surface area contributed by atoms with Gasteiger partial charge in [-0.3, -0.25) is 0 Å². The Bertz CT molecular complexity index is 442. The smallest absolute Gasteiger partial charge is 0.132 e. The highest BCUT2D eigenvalue weighted by Crippen LogP contribution is 2.30. The lowest BCUT2D eigenvalue weighted by molar-refractivity contribution is 0.452. The van der Waals surface area contributed by atoms with Crippen molar-refractivity contribution in [2.75, 3.05) is 24.5 Å². The van der Waals surface area contributed by atoms with Crippen LogP contribution in [0.3, 0.4) is 0 Å².